The zero-order valence-corrected chi connectivity index (χ0v) is 19.4. The summed E-state index contributed by atoms with van der Waals surface area (Å²) >= 11 is 0. The minimum absolute atomic E-state index is 0.0794. The van der Waals surface area contributed by atoms with Crippen LogP contribution in [0, 0.1) is 0 Å². The molecule has 1 saturated heterocycles. The Hall–Kier alpha value is -2.98. The number of ether oxygens (including phenoxy) is 1. The van der Waals surface area contributed by atoms with Crippen LogP contribution in [0.1, 0.15) is 62.7 Å². The Labute approximate surface area is 194 Å². The van der Waals surface area contributed by atoms with Crippen molar-refractivity contribution in [3.63, 3.8) is 0 Å². The second kappa shape index (κ2) is 10.8. The lowest BCUT2D eigenvalue weighted by molar-refractivity contribution is 0.276. The van der Waals surface area contributed by atoms with E-state index in [1.165, 1.54) is 12.8 Å². The highest BCUT2D eigenvalue weighted by atomic mass is 16.5. The molecule has 10 nitrogen and oxygen atoms in total. The number of fused-ring (bicyclic) bond motifs is 1. The van der Waals surface area contributed by atoms with Crippen LogP contribution in [-0.4, -0.2) is 56.1 Å². The maximum absolute atomic E-state index is 9.45. The summed E-state index contributed by atoms with van der Waals surface area (Å²) in [6.07, 6.45) is 9.68. The van der Waals surface area contributed by atoms with Gasteiger partial charge >= 0.3 is 0 Å². The molecular weight excluding hydrogens is 420 g/mol. The number of nitrogens with zero attached hydrogens (tertiary/aromatic N) is 5. The third-order valence-electron chi connectivity index (χ3n) is 6.15. The van der Waals surface area contributed by atoms with E-state index in [1.54, 1.807) is 13.3 Å². The summed E-state index contributed by atoms with van der Waals surface area (Å²) in [6, 6.07) is 2.47. The van der Waals surface area contributed by atoms with Crippen molar-refractivity contribution in [2.24, 2.45) is 0 Å². The van der Waals surface area contributed by atoms with Crippen molar-refractivity contribution >= 4 is 22.8 Å². The zero-order valence-electron chi connectivity index (χ0n) is 19.4. The van der Waals surface area contributed by atoms with Crippen LogP contribution in [0.5, 0.6) is 5.75 Å². The molecule has 2 atom stereocenters. The second-order valence-electron chi connectivity index (χ2n) is 8.53. The van der Waals surface area contributed by atoms with Crippen LogP contribution < -0.4 is 21.1 Å². The highest BCUT2D eigenvalue weighted by Gasteiger charge is 2.20. The molecule has 1 fully saturated rings. The number of anilines is 2. The Bertz CT molecular complexity index is 1060. The van der Waals surface area contributed by atoms with Gasteiger partial charge in [-0.25, -0.2) is 4.98 Å². The summed E-state index contributed by atoms with van der Waals surface area (Å²) in [4.78, 5) is 13.5. The number of aliphatic hydroxyl groups excluding tert-OH is 1. The van der Waals surface area contributed by atoms with Gasteiger partial charge in [-0.3, -0.25) is 9.67 Å². The number of nitrogen functional groups attached to an aromatic ring is 1. The molecule has 5 N–H and O–H groups in total. The van der Waals surface area contributed by atoms with Crippen molar-refractivity contribution in [1.29, 1.82) is 0 Å². The molecule has 0 spiro atoms. The summed E-state index contributed by atoms with van der Waals surface area (Å²) < 4.78 is 7.51. The molecule has 0 aliphatic carbocycles. The number of pyridine rings is 1. The van der Waals surface area contributed by atoms with E-state index >= 15 is 0 Å². The van der Waals surface area contributed by atoms with Gasteiger partial charge in [0.05, 0.1) is 19.9 Å². The highest BCUT2D eigenvalue weighted by molar-refractivity contribution is 5.86. The fraction of sp³-hybridized carbons (Fsp3) is 0.565. The Kier molecular flexibility index (Phi) is 7.56. The summed E-state index contributed by atoms with van der Waals surface area (Å²) in [5.74, 6) is 1.53. The smallest absolute Gasteiger partial charge is 0.222 e. The first-order valence-corrected chi connectivity index (χ1v) is 11.8. The molecule has 1 unspecified atom stereocenters. The number of hydrogen-bond acceptors (Lipinski definition) is 9. The van der Waals surface area contributed by atoms with Crippen molar-refractivity contribution < 1.29 is 9.84 Å². The number of piperidine rings is 1. The Balaban J connectivity index is 1.64. The van der Waals surface area contributed by atoms with Gasteiger partial charge in [-0.1, -0.05) is 19.8 Å². The maximum Gasteiger partial charge on any atom is 0.222 e. The van der Waals surface area contributed by atoms with E-state index in [9.17, 15) is 5.11 Å². The molecule has 0 radical (unpaired) electrons. The molecule has 3 aromatic rings. The topological polar surface area (TPSA) is 136 Å². The minimum atomic E-state index is 0.0794. The first kappa shape index (κ1) is 23.2. The molecular formula is C23H34N8O2. The van der Waals surface area contributed by atoms with Crippen LogP contribution in [-0.2, 0) is 6.54 Å². The average Bonchev–Trinajstić information content (AvgIpc) is 3.22. The molecule has 3 aromatic heterocycles. The zero-order chi connectivity index (χ0) is 23.2. The van der Waals surface area contributed by atoms with Crippen molar-refractivity contribution in [1.82, 2.24) is 30.0 Å². The molecule has 33 heavy (non-hydrogen) atoms. The molecule has 0 amide bonds. The van der Waals surface area contributed by atoms with Gasteiger partial charge < -0.3 is 26.2 Å². The minimum Gasteiger partial charge on any atom is -0.495 e. The van der Waals surface area contributed by atoms with Gasteiger partial charge in [-0.2, -0.15) is 10.1 Å². The monoisotopic (exact) mass is 454 g/mol. The molecule has 0 saturated carbocycles. The quantitative estimate of drug-likeness (QED) is 0.364. The van der Waals surface area contributed by atoms with Gasteiger partial charge in [-0.15, -0.1) is 0 Å². The standard InChI is InChI=1S/C23H34N8O2/c1-3-6-16(8-10-32)28-22-21-18(29-23(24)30-22)13-27-31(21)14-19-20(33-2)11-15(12-26-19)17-7-4-5-9-25-17/h11-13,16-17,25,32H,3-10,14H2,1-2H3,(H3,24,28,29,30)/t16-,17?/m0/s1. The van der Waals surface area contributed by atoms with E-state index in [0.717, 1.165) is 48.3 Å². The predicted molar refractivity (Wildman–Crippen MR) is 128 cm³/mol. The maximum atomic E-state index is 9.45. The molecule has 4 rings (SSSR count). The van der Waals surface area contributed by atoms with Gasteiger partial charge in [0.25, 0.3) is 0 Å². The molecule has 178 valence electrons. The summed E-state index contributed by atoms with van der Waals surface area (Å²) in [5, 5.41) is 21.0. The molecule has 10 heteroatoms. The number of rotatable bonds is 10. The van der Waals surface area contributed by atoms with Crippen LogP contribution >= 0.6 is 0 Å². The van der Waals surface area contributed by atoms with E-state index in [0.29, 0.717) is 30.3 Å². The van der Waals surface area contributed by atoms with Crippen LogP contribution in [0.4, 0.5) is 11.8 Å². The number of methoxy groups -OCH3 is 1. The van der Waals surface area contributed by atoms with Crippen LogP contribution in [0.3, 0.4) is 0 Å². The Morgan fingerprint density at radius 2 is 2.18 bits per heavy atom. The summed E-state index contributed by atoms with van der Waals surface area (Å²) in [7, 11) is 1.67. The van der Waals surface area contributed by atoms with Gasteiger partial charge in [-0.05, 0) is 43.9 Å². The van der Waals surface area contributed by atoms with Gasteiger partial charge in [0, 0.05) is 24.9 Å². The number of aliphatic hydroxyl groups is 1. The van der Waals surface area contributed by atoms with Crippen molar-refractivity contribution in [3.8, 4) is 5.75 Å². The van der Waals surface area contributed by atoms with E-state index in [1.807, 2.05) is 10.9 Å². The fourth-order valence-corrected chi connectivity index (χ4v) is 4.48. The number of nitrogens with one attached hydrogen (secondary N) is 2. The summed E-state index contributed by atoms with van der Waals surface area (Å²) in [6.45, 7) is 3.66. The molecule has 1 aliphatic heterocycles. The molecule has 4 heterocycles. The Morgan fingerprint density at radius 3 is 2.91 bits per heavy atom. The number of hydrogen-bond donors (Lipinski definition) is 4. The van der Waals surface area contributed by atoms with Gasteiger partial charge in [0.15, 0.2) is 5.82 Å². The lowest BCUT2D eigenvalue weighted by Gasteiger charge is -2.24. The van der Waals surface area contributed by atoms with Crippen molar-refractivity contribution in [2.45, 2.75) is 64.1 Å². The lowest BCUT2D eigenvalue weighted by Crippen LogP contribution is -2.27. The van der Waals surface area contributed by atoms with Crippen molar-refractivity contribution in [3.05, 3.63) is 29.7 Å². The van der Waals surface area contributed by atoms with Crippen molar-refractivity contribution in [2.75, 3.05) is 31.3 Å². The van der Waals surface area contributed by atoms with E-state index in [2.05, 4.69) is 38.7 Å². The number of nitrogens with two attached hydrogens (primary N) is 1. The van der Waals surface area contributed by atoms with E-state index in [4.69, 9.17) is 15.5 Å². The predicted octanol–water partition coefficient (Wildman–Crippen LogP) is 2.64. The molecule has 0 bridgehead atoms. The molecule has 0 aromatic carbocycles. The normalized spacial score (nSPS) is 17.2. The fourth-order valence-electron chi connectivity index (χ4n) is 4.48. The van der Waals surface area contributed by atoms with E-state index in [-0.39, 0.29) is 18.6 Å². The van der Waals surface area contributed by atoms with Gasteiger partial charge in [0.2, 0.25) is 5.95 Å². The first-order chi connectivity index (χ1) is 16.1. The first-order valence-electron chi connectivity index (χ1n) is 11.8. The molecule has 1 aliphatic rings. The van der Waals surface area contributed by atoms with Crippen LogP contribution in [0.2, 0.25) is 0 Å². The number of aromatic nitrogens is 5. The average molecular weight is 455 g/mol. The van der Waals surface area contributed by atoms with Crippen LogP contribution in [0.25, 0.3) is 11.0 Å². The summed E-state index contributed by atoms with van der Waals surface area (Å²) in [5.41, 5.74) is 9.30. The van der Waals surface area contributed by atoms with Crippen LogP contribution in [0.15, 0.2) is 18.5 Å². The highest BCUT2D eigenvalue weighted by Crippen LogP contribution is 2.29. The third kappa shape index (κ3) is 5.33. The SMILES string of the molecule is CCC[C@@H](CCO)Nc1nc(N)nc2cnn(Cc3ncc(C4CCCCN4)cc3OC)c12. The lowest BCUT2D eigenvalue weighted by atomic mass is 9.98. The third-order valence-corrected chi connectivity index (χ3v) is 6.15. The Morgan fingerprint density at radius 1 is 1.30 bits per heavy atom. The van der Waals surface area contributed by atoms with E-state index < -0.39 is 0 Å². The largest absolute Gasteiger partial charge is 0.495 e. The second-order valence-corrected chi connectivity index (χ2v) is 8.53. The van der Waals surface area contributed by atoms with Gasteiger partial charge in [0.1, 0.15) is 22.5 Å².